The van der Waals surface area contributed by atoms with Crippen LogP contribution < -0.4 is 0 Å². The van der Waals surface area contributed by atoms with Gasteiger partial charge in [0, 0.05) is 12.3 Å². The van der Waals surface area contributed by atoms with E-state index in [2.05, 4.69) is 0 Å². The molecule has 5 heteroatoms. The van der Waals surface area contributed by atoms with Crippen LogP contribution in [0.2, 0.25) is 0 Å². The normalized spacial score (nSPS) is 31.3. The third-order valence-electron chi connectivity index (χ3n) is 4.26. The monoisotopic (exact) mass is 314 g/mol. The van der Waals surface area contributed by atoms with Gasteiger partial charge in [0.25, 0.3) is 0 Å². The highest BCUT2D eigenvalue weighted by molar-refractivity contribution is 5.81. The Labute approximate surface area is 133 Å². The van der Waals surface area contributed by atoms with Crippen molar-refractivity contribution in [1.29, 1.82) is 0 Å². The van der Waals surface area contributed by atoms with Crippen molar-refractivity contribution in [3.05, 3.63) is 0 Å². The fourth-order valence-electron chi connectivity index (χ4n) is 3.17. The molecule has 2 saturated heterocycles. The molecule has 0 N–H and O–H groups in total. The van der Waals surface area contributed by atoms with E-state index in [0.29, 0.717) is 19.6 Å². The van der Waals surface area contributed by atoms with E-state index >= 15 is 0 Å². The lowest BCUT2D eigenvalue weighted by Gasteiger charge is -2.24. The van der Waals surface area contributed by atoms with Crippen LogP contribution in [0.25, 0.3) is 0 Å². The van der Waals surface area contributed by atoms with Crippen molar-refractivity contribution >= 4 is 5.78 Å². The first-order chi connectivity index (χ1) is 10.2. The molecular weight excluding hydrogens is 284 g/mol. The lowest BCUT2D eigenvalue weighted by molar-refractivity contribution is -0.151. The minimum Gasteiger partial charge on any atom is -0.348 e. The molecule has 0 saturated carbocycles. The highest BCUT2D eigenvalue weighted by Gasteiger charge is 2.41. The predicted molar refractivity (Wildman–Crippen MR) is 82.4 cm³/mol. The van der Waals surface area contributed by atoms with Crippen molar-refractivity contribution in [2.75, 3.05) is 13.2 Å². The molecule has 0 amide bonds. The quantitative estimate of drug-likeness (QED) is 0.723. The molecular formula is C17H30O5. The van der Waals surface area contributed by atoms with Crippen molar-refractivity contribution in [1.82, 2.24) is 0 Å². The Morgan fingerprint density at radius 3 is 2.23 bits per heavy atom. The number of carbonyl (C=O) groups excluding carboxylic acids is 1. The zero-order valence-corrected chi connectivity index (χ0v) is 14.5. The molecule has 128 valence electrons. The Hall–Kier alpha value is -0.490. The van der Waals surface area contributed by atoms with Gasteiger partial charge in [-0.2, -0.15) is 0 Å². The van der Waals surface area contributed by atoms with Crippen LogP contribution in [-0.2, 0) is 23.7 Å². The molecule has 2 rings (SSSR count). The second kappa shape index (κ2) is 6.95. The molecule has 0 aromatic heterocycles. The lowest BCUT2D eigenvalue weighted by Crippen LogP contribution is -2.33. The topological polar surface area (TPSA) is 54.0 Å². The fourth-order valence-corrected chi connectivity index (χ4v) is 3.17. The van der Waals surface area contributed by atoms with Crippen molar-refractivity contribution in [3.8, 4) is 0 Å². The predicted octanol–water partition coefficient (Wildman–Crippen LogP) is 3.06. The van der Waals surface area contributed by atoms with Crippen LogP contribution in [0.4, 0.5) is 0 Å². The summed E-state index contributed by atoms with van der Waals surface area (Å²) in [6.07, 6.45) is 2.93. The zero-order chi connectivity index (χ0) is 16.4. The third-order valence-corrected chi connectivity index (χ3v) is 4.26. The summed E-state index contributed by atoms with van der Waals surface area (Å²) in [6.45, 7) is 10.7. The maximum Gasteiger partial charge on any atom is 0.163 e. The largest absolute Gasteiger partial charge is 0.348 e. The average molecular weight is 314 g/mol. The first-order valence-corrected chi connectivity index (χ1v) is 8.39. The molecule has 2 aliphatic heterocycles. The highest BCUT2D eigenvalue weighted by Crippen LogP contribution is 2.32. The molecule has 22 heavy (non-hydrogen) atoms. The van der Waals surface area contributed by atoms with Gasteiger partial charge < -0.3 is 18.9 Å². The summed E-state index contributed by atoms with van der Waals surface area (Å²) in [5, 5.41) is 0. The first-order valence-electron chi connectivity index (χ1n) is 8.39. The van der Waals surface area contributed by atoms with E-state index in [1.54, 1.807) is 0 Å². The number of ketones is 1. The smallest absolute Gasteiger partial charge is 0.163 e. The van der Waals surface area contributed by atoms with Crippen molar-refractivity contribution < 1.29 is 23.7 Å². The Morgan fingerprint density at radius 1 is 1.09 bits per heavy atom. The molecule has 0 aromatic carbocycles. The van der Waals surface area contributed by atoms with Gasteiger partial charge in [0.05, 0.1) is 25.4 Å². The molecule has 0 spiro atoms. The van der Waals surface area contributed by atoms with E-state index in [0.717, 1.165) is 19.3 Å². The SMILES string of the molecule is CCCC(=O)C(CC[C@H]1COC(C)(C)O1)[C@H]1COC(C)(C)O1. The van der Waals surface area contributed by atoms with E-state index in [1.807, 2.05) is 34.6 Å². The molecule has 0 radical (unpaired) electrons. The van der Waals surface area contributed by atoms with Gasteiger partial charge in [0.1, 0.15) is 5.78 Å². The summed E-state index contributed by atoms with van der Waals surface area (Å²) in [4.78, 5) is 12.5. The van der Waals surface area contributed by atoms with Crippen molar-refractivity contribution in [2.24, 2.45) is 5.92 Å². The molecule has 0 aromatic rings. The number of Topliss-reactive ketones (excluding diaryl/α,β-unsaturated/α-hetero) is 1. The van der Waals surface area contributed by atoms with Crippen LogP contribution in [0.3, 0.4) is 0 Å². The molecule has 5 nitrogen and oxygen atoms in total. The maximum absolute atomic E-state index is 12.5. The molecule has 2 heterocycles. The molecule has 1 unspecified atom stereocenters. The van der Waals surface area contributed by atoms with E-state index < -0.39 is 11.6 Å². The van der Waals surface area contributed by atoms with Crippen LogP contribution in [0.15, 0.2) is 0 Å². The minimum atomic E-state index is -0.593. The van der Waals surface area contributed by atoms with Crippen molar-refractivity contribution in [2.45, 2.75) is 84.1 Å². The van der Waals surface area contributed by atoms with Crippen LogP contribution in [-0.4, -0.2) is 42.8 Å². The van der Waals surface area contributed by atoms with Gasteiger partial charge in [-0.3, -0.25) is 4.79 Å². The summed E-state index contributed by atoms with van der Waals surface area (Å²) in [5.41, 5.74) is 0. The van der Waals surface area contributed by atoms with Gasteiger partial charge in [-0.05, 0) is 47.0 Å². The lowest BCUT2D eigenvalue weighted by atomic mass is 9.89. The summed E-state index contributed by atoms with van der Waals surface area (Å²) < 4.78 is 23.0. The van der Waals surface area contributed by atoms with Crippen LogP contribution in [0.5, 0.6) is 0 Å². The van der Waals surface area contributed by atoms with Gasteiger partial charge in [0.15, 0.2) is 11.6 Å². The Kier molecular flexibility index (Phi) is 5.64. The minimum absolute atomic E-state index is 0.0576. The Balaban J connectivity index is 1.92. The van der Waals surface area contributed by atoms with E-state index in [1.165, 1.54) is 0 Å². The molecule has 0 aliphatic carbocycles. The summed E-state index contributed by atoms with van der Waals surface area (Å²) in [7, 11) is 0. The Morgan fingerprint density at radius 2 is 1.73 bits per heavy atom. The van der Waals surface area contributed by atoms with E-state index in [9.17, 15) is 4.79 Å². The average Bonchev–Trinajstić information content (AvgIpc) is 2.93. The maximum atomic E-state index is 12.5. The van der Waals surface area contributed by atoms with Crippen LogP contribution in [0.1, 0.15) is 60.3 Å². The second-order valence-corrected chi connectivity index (χ2v) is 7.22. The fraction of sp³-hybridized carbons (Fsp3) is 0.941. The summed E-state index contributed by atoms with van der Waals surface area (Å²) >= 11 is 0. The van der Waals surface area contributed by atoms with Crippen LogP contribution >= 0.6 is 0 Å². The van der Waals surface area contributed by atoms with Gasteiger partial charge in [0.2, 0.25) is 0 Å². The number of carbonyl (C=O) groups is 1. The molecule has 2 fully saturated rings. The van der Waals surface area contributed by atoms with Gasteiger partial charge >= 0.3 is 0 Å². The summed E-state index contributed by atoms with van der Waals surface area (Å²) in [5.74, 6) is -0.951. The Bertz CT molecular complexity index is 391. The highest BCUT2D eigenvalue weighted by atomic mass is 16.7. The van der Waals surface area contributed by atoms with Gasteiger partial charge in [-0.25, -0.2) is 0 Å². The second-order valence-electron chi connectivity index (χ2n) is 7.22. The first kappa shape index (κ1) is 17.9. The number of rotatable bonds is 7. The number of hydrogen-bond acceptors (Lipinski definition) is 5. The molecule has 0 bridgehead atoms. The zero-order valence-electron chi connectivity index (χ0n) is 14.5. The molecule has 2 aliphatic rings. The van der Waals surface area contributed by atoms with Crippen molar-refractivity contribution in [3.63, 3.8) is 0 Å². The standard InChI is InChI=1S/C17H30O5/c1-6-7-14(18)13(15-11-20-17(4,5)22-15)9-8-12-10-19-16(2,3)21-12/h12-13,15H,6-11H2,1-5H3/t12-,13?,15+/m0/s1. The summed E-state index contributed by atoms with van der Waals surface area (Å²) in [6, 6.07) is 0. The molecule has 3 atom stereocenters. The van der Waals surface area contributed by atoms with Gasteiger partial charge in [-0.1, -0.05) is 6.92 Å². The van der Waals surface area contributed by atoms with Crippen LogP contribution in [0, 0.1) is 5.92 Å². The van der Waals surface area contributed by atoms with E-state index in [4.69, 9.17) is 18.9 Å². The van der Waals surface area contributed by atoms with E-state index in [-0.39, 0.29) is 23.9 Å². The number of hydrogen-bond donors (Lipinski definition) is 0. The number of ether oxygens (including phenoxy) is 4. The van der Waals surface area contributed by atoms with Gasteiger partial charge in [-0.15, -0.1) is 0 Å². The third kappa shape index (κ3) is 4.75.